The molecule has 1 saturated heterocycles. The number of ether oxygens (including phenoxy) is 2. The summed E-state index contributed by atoms with van der Waals surface area (Å²) >= 11 is 0. The third-order valence-electron chi connectivity index (χ3n) is 10.5. The highest BCUT2D eigenvalue weighted by Gasteiger charge is 2.33. The maximum atomic E-state index is 13.6. The average Bonchev–Trinajstić information content (AvgIpc) is 3.05. The van der Waals surface area contributed by atoms with E-state index >= 15 is 0 Å². The highest BCUT2D eigenvalue weighted by molar-refractivity contribution is 7.89. The number of nitrogens with zero attached hydrogens (tertiary/aromatic N) is 2. The van der Waals surface area contributed by atoms with Crippen LogP contribution in [-0.2, 0) is 26.0 Å². The number of hydrogen-bond donors (Lipinski definition) is 1. The van der Waals surface area contributed by atoms with Crippen molar-refractivity contribution >= 4 is 15.9 Å². The predicted molar refractivity (Wildman–Crippen MR) is 185 cm³/mol. The summed E-state index contributed by atoms with van der Waals surface area (Å²) in [6.07, 6.45) is 9.48. The van der Waals surface area contributed by atoms with Crippen molar-refractivity contribution in [1.29, 1.82) is 0 Å². The van der Waals surface area contributed by atoms with Crippen molar-refractivity contribution in [2.75, 3.05) is 54.1 Å². The maximum absolute atomic E-state index is 13.6. The van der Waals surface area contributed by atoms with Gasteiger partial charge in [0.1, 0.15) is 12.4 Å². The summed E-state index contributed by atoms with van der Waals surface area (Å²) in [6.45, 7) is 7.93. The second-order valence-corrected chi connectivity index (χ2v) is 15.7. The number of piperidine rings is 1. The third kappa shape index (κ3) is 9.55. The predicted octanol–water partition coefficient (Wildman–Crippen LogP) is 5.91. The van der Waals surface area contributed by atoms with Gasteiger partial charge in [0, 0.05) is 32.3 Å². The fourth-order valence-electron chi connectivity index (χ4n) is 7.57. The van der Waals surface area contributed by atoms with Gasteiger partial charge in [-0.15, -0.1) is 0 Å². The molecule has 2 aromatic carbocycles. The van der Waals surface area contributed by atoms with Crippen LogP contribution in [0.3, 0.4) is 0 Å². The number of amides is 1. The Kier molecular flexibility index (Phi) is 13.5. The zero-order valence-electron chi connectivity index (χ0n) is 29.0. The molecule has 0 spiro atoms. The first kappa shape index (κ1) is 36.4. The molecule has 0 aromatic heterocycles. The highest BCUT2D eigenvalue weighted by Crippen LogP contribution is 2.35. The fourth-order valence-corrected chi connectivity index (χ4v) is 9.53. The van der Waals surface area contributed by atoms with Gasteiger partial charge in [-0.1, -0.05) is 30.3 Å². The number of rotatable bonds is 15. The van der Waals surface area contributed by atoms with Gasteiger partial charge >= 0.3 is 0 Å². The molecular formula is C37H57N3O5S. The number of sulfonamides is 1. The zero-order chi connectivity index (χ0) is 33.3. The van der Waals surface area contributed by atoms with E-state index in [1.165, 1.54) is 24.8 Å². The third-order valence-corrected chi connectivity index (χ3v) is 12.7. The number of nitrogens with one attached hydrogen (secondary N) is 1. The van der Waals surface area contributed by atoms with E-state index in [1.54, 1.807) is 11.4 Å². The van der Waals surface area contributed by atoms with Gasteiger partial charge in [0.2, 0.25) is 15.9 Å². The molecule has 2 aromatic rings. The molecule has 1 aliphatic heterocycles. The molecule has 0 bridgehead atoms. The van der Waals surface area contributed by atoms with Gasteiger partial charge in [-0.3, -0.25) is 4.79 Å². The SMILES string of the molecule is COc1cc(C)c(S(=O)(=O)N2CCC(CCOCC(=O)NCC3CCC(C(CCc4ccccc4)N(C)C)CC3)CC2)c(C)c1C. The van der Waals surface area contributed by atoms with Gasteiger partial charge in [-0.25, -0.2) is 8.42 Å². The van der Waals surface area contributed by atoms with Crippen LogP contribution < -0.4 is 10.1 Å². The maximum Gasteiger partial charge on any atom is 0.246 e. The number of carbonyl (C=O) groups is 1. The van der Waals surface area contributed by atoms with Crippen LogP contribution in [0.15, 0.2) is 41.3 Å². The largest absolute Gasteiger partial charge is 0.496 e. The topological polar surface area (TPSA) is 88.2 Å². The Balaban J connectivity index is 1.10. The Morgan fingerprint density at radius 1 is 0.978 bits per heavy atom. The molecule has 2 fully saturated rings. The van der Waals surface area contributed by atoms with Crippen molar-refractivity contribution in [3.63, 3.8) is 0 Å². The van der Waals surface area contributed by atoms with E-state index in [-0.39, 0.29) is 12.5 Å². The van der Waals surface area contributed by atoms with Crippen molar-refractivity contribution in [3.8, 4) is 5.75 Å². The van der Waals surface area contributed by atoms with Crippen LogP contribution in [0.25, 0.3) is 0 Å². The molecule has 1 amide bonds. The Bertz CT molecular complexity index is 1370. The first-order chi connectivity index (χ1) is 22.0. The standard InChI is InChI=1S/C37H57N3O5S/c1-27-24-35(44-6)28(2)29(3)37(27)46(42,43)40-21-18-31(19-22-40)20-23-45-26-36(41)38-25-32-12-15-33(16-13-32)34(39(4)5)17-14-30-10-8-7-9-11-30/h7-11,24,31-34H,12-23,25-26H2,1-6H3,(H,38,41). The molecular weight excluding hydrogens is 598 g/mol. The molecule has 2 aliphatic rings. The summed E-state index contributed by atoms with van der Waals surface area (Å²) in [7, 11) is 2.45. The van der Waals surface area contributed by atoms with Crippen molar-refractivity contribution in [2.24, 2.45) is 17.8 Å². The normalized spacial score (nSPS) is 20.5. The number of aryl methyl sites for hydroxylation is 2. The van der Waals surface area contributed by atoms with Gasteiger partial charge in [0.25, 0.3) is 0 Å². The van der Waals surface area contributed by atoms with Gasteiger partial charge in [0.05, 0.1) is 12.0 Å². The summed E-state index contributed by atoms with van der Waals surface area (Å²) < 4.78 is 39.9. The molecule has 1 N–H and O–H groups in total. The first-order valence-corrected chi connectivity index (χ1v) is 18.6. The minimum absolute atomic E-state index is 0.0439. The number of methoxy groups -OCH3 is 1. The second-order valence-electron chi connectivity index (χ2n) is 13.8. The number of hydrogen-bond acceptors (Lipinski definition) is 6. The van der Waals surface area contributed by atoms with E-state index < -0.39 is 10.0 Å². The zero-order valence-corrected chi connectivity index (χ0v) is 29.8. The Hall–Kier alpha value is -2.46. The molecule has 1 heterocycles. The van der Waals surface area contributed by atoms with E-state index in [2.05, 4.69) is 54.6 Å². The van der Waals surface area contributed by atoms with Gasteiger partial charge in [0.15, 0.2) is 0 Å². The number of carbonyl (C=O) groups excluding carboxylic acids is 1. The van der Waals surface area contributed by atoms with Crippen LogP contribution in [0, 0.1) is 38.5 Å². The molecule has 1 saturated carbocycles. The van der Waals surface area contributed by atoms with E-state index in [1.807, 2.05) is 26.8 Å². The molecule has 9 heteroatoms. The van der Waals surface area contributed by atoms with Crippen LogP contribution in [-0.4, -0.2) is 83.6 Å². The van der Waals surface area contributed by atoms with Crippen LogP contribution in [0.1, 0.15) is 73.6 Å². The smallest absolute Gasteiger partial charge is 0.246 e. The van der Waals surface area contributed by atoms with E-state index in [4.69, 9.17) is 9.47 Å². The van der Waals surface area contributed by atoms with Gasteiger partial charge < -0.3 is 19.7 Å². The molecule has 256 valence electrons. The minimum Gasteiger partial charge on any atom is -0.496 e. The van der Waals surface area contributed by atoms with Crippen molar-refractivity contribution < 1.29 is 22.7 Å². The lowest BCUT2D eigenvalue weighted by Gasteiger charge is -2.37. The van der Waals surface area contributed by atoms with Crippen molar-refractivity contribution in [3.05, 3.63) is 58.7 Å². The summed E-state index contributed by atoms with van der Waals surface area (Å²) in [6, 6.07) is 13.2. The van der Waals surface area contributed by atoms with Crippen LogP contribution in [0.5, 0.6) is 5.75 Å². The lowest BCUT2D eigenvalue weighted by molar-refractivity contribution is -0.126. The lowest BCUT2D eigenvalue weighted by atomic mass is 9.76. The lowest BCUT2D eigenvalue weighted by Crippen LogP contribution is -2.40. The number of benzene rings is 2. The Morgan fingerprint density at radius 3 is 2.28 bits per heavy atom. The van der Waals surface area contributed by atoms with E-state index in [0.29, 0.717) is 59.7 Å². The molecule has 1 atom stereocenters. The fraction of sp³-hybridized carbons (Fsp3) is 0.649. The van der Waals surface area contributed by atoms with E-state index in [9.17, 15) is 13.2 Å². The molecule has 46 heavy (non-hydrogen) atoms. The first-order valence-electron chi connectivity index (χ1n) is 17.2. The van der Waals surface area contributed by atoms with Crippen molar-refractivity contribution in [2.45, 2.75) is 89.5 Å². The molecule has 1 unspecified atom stereocenters. The molecule has 4 rings (SSSR count). The van der Waals surface area contributed by atoms with Crippen LogP contribution in [0.2, 0.25) is 0 Å². The minimum atomic E-state index is -3.58. The van der Waals surface area contributed by atoms with Crippen LogP contribution >= 0.6 is 0 Å². The molecule has 8 nitrogen and oxygen atoms in total. The Labute approximate surface area is 278 Å². The van der Waals surface area contributed by atoms with Gasteiger partial charge in [-0.2, -0.15) is 4.31 Å². The van der Waals surface area contributed by atoms with Crippen LogP contribution in [0.4, 0.5) is 0 Å². The summed E-state index contributed by atoms with van der Waals surface area (Å²) in [5.41, 5.74) is 3.74. The Morgan fingerprint density at radius 2 is 1.65 bits per heavy atom. The summed E-state index contributed by atoms with van der Waals surface area (Å²) in [4.78, 5) is 15.3. The summed E-state index contributed by atoms with van der Waals surface area (Å²) in [5, 5.41) is 3.11. The summed E-state index contributed by atoms with van der Waals surface area (Å²) in [5.74, 6) is 2.31. The quantitative estimate of drug-likeness (QED) is 0.240. The highest BCUT2D eigenvalue weighted by atomic mass is 32.2. The van der Waals surface area contributed by atoms with Gasteiger partial charge in [-0.05, 0) is 139 Å². The van der Waals surface area contributed by atoms with E-state index in [0.717, 1.165) is 56.2 Å². The molecule has 0 radical (unpaired) electrons. The molecule has 1 aliphatic carbocycles. The monoisotopic (exact) mass is 655 g/mol. The second kappa shape index (κ2) is 17.1. The average molecular weight is 656 g/mol. The van der Waals surface area contributed by atoms with Crippen molar-refractivity contribution in [1.82, 2.24) is 14.5 Å².